The predicted molar refractivity (Wildman–Crippen MR) is 103 cm³/mol. The number of aryl methyl sites for hydroxylation is 1. The zero-order valence-electron chi connectivity index (χ0n) is 15.8. The van der Waals surface area contributed by atoms with Crippen molar-refractivity contribution < 1.29 is 9.59 Å². The van der Waals surface area contributed by atoms with E-state index < -0.39 is 0 Å². The first-order valence-corrected chi connectivity index (χ1v) is 10.4. The summed E-state index contributed by atoms with van der Waals surface area (Å²) in [6.45, 7) is 1.60. The van der Waals surface area contributed by atoms with E-state index in [1.165, 1.54) is 12.8 Å². The number of halogens is 1. The summed E-state index contributed by atoms with van der Waals surface area (Å²) in [7, 11) is 1.74. The largest absolute Gasteiger partial charge is 0.353 e. The molecule has 0 aromatic carbocycles. The van der Waals surface area contributed by atoms with Crippen LogP contribution in [0.2, 0.25) is 5.02 Å². The number of rotatable bonds is 8. The van der Waals surface area contributed by atoms with E-state index in [9.17, 15) is 9.59 Å². The van der Waals surface area contributed by atoms with Gasteiger partial charge in [0, 0.05) is 50.9 Å². The molecule has 1 aromatic heterocycles. The van der Waals surface area contributed by atoms with Crippen LogP contribution < -0.4 is 10.6 Å². The fraction of sp³-hybridized carbons (Fsp3) is 0.737. The van der Waals surface area contributed by atoms with Crippen molar-refractivity contribution >= 4 is 23.4 Å². The van der Waals surface area contributed by atoms with E-state index in [1.807, 2.05) is 0 Å². The standard InChI is InChI=1S/C19H28ClN5O2/c1-24-11-16(20)18(23-24)19(27)21-9-15-7-6-14(25(15)10-12-2-3-12)8-17(26)22-13-4-5-13/h11-15H,2-10H2,1H3,(H,21,27)(H,22,26)/t14-,15+/m1/s1. The minimum Gasteiger partial charge on any atom is -0.353 e. The summed E-state index contributed by atoms with van der Waals surface area (Å²) in [5.41, 5.74) is 0.270. The van der Waals surface area contributed by atoms with Crippen molar-refractivity contribution in [2.75, 3.05) is 13.1 Å². The lowest BCUT2D eigenvalue weighted by Gasteiger charge is -2.30. The second-order valence-corrected chi connectivity index (χ2v) is 8.69. The van der Waals surface area contributed by atoms with Gasteiger partial charge in [-0.2, -0.15) is 5.10 Å². The Bertz CT molecular complexity index is 713. The minimum atomic E-state index is -0.234. The number of carbonyl (C=O) groups is 2. The number of amides is 2. The van der Waals surface area contributed by atoms with Crippen LogP contribution in [0.15, 0.2) is 6.20 Å². The zero-order valence-corrected chi connectivity index (χ0v) is 16.5. The summed E-state index contributed by atoms with van der Waals surface area (Å²) in [4.78, 5) is 27.1. The summed E-state index contributed by atoms with van der Waals surface area (Å²) in [5, 5.41) is 10.6. The molecule has 2 N–H and O–H groups in total. The SMILES string of the molecule is Cn1cc(Cl)c(C(=O)NC[C@@H]2CC[C@H](CC(=O)NC3CC3)N2CC2CC2)n1. The lowest BCUT2D eigenvalue weighted by Crippen LogP contribution is -2.45. The molecule has 4 rings (SSSR count). The van der Waals surface area contributed by atoms with Gasteiger partial charge < -0.3 is 10.6 Å². The number of hydrogen-bond donors (Lipinski definition) is 2. The summed E-state index contributed by atoms with van der Waals surface area (Å²) in [5.74, 6) is 0.690. The highest BCUT2D eigenvalue weighted by atomic mass is 35.5. The maximum atomic E-state index is 12.4. The van der Waals surface area contributed by atoms with Gasteiger partial charge in [0.05, 0.1) is 5.02 Å². The molecule has 148 valence electrons. The highest BCUT2D eigenvalue weighted by Gasteiger charge is 2.38. The van der Waals surface area contributed by atoms with Gasteiger partial charge >= 0.3 is 0 Å². The molecular weight excluding hydrogens is 366 g/mol. The number of aromatic nitrogens is 2. The van der Waals surface area contributed by atoms with Gasteiger partial charge in [0.25, 0.3) is 5.91 Å². The van der Waals surface area contributed by atoms with Crippen molar-refractivity contribution in [1.82, 2.24) is 25.3 Å². The molecule has 0 radical (unpaired) electrons. The maximum Gasteiger partial charge on any atom is 0.273 e. The summed E-state index contributed by atoms with van der Waals surface area (Å²) in [6, 6.07) is 0.967. The first kappa shape index (κ1) is 18.7. The topological polar surface area (TPSA) is 79.3 Å². The molecular formula is C19H28ClN5O2. The highest BCUT2D eigenvalue weighted by Crippen LogP contribution is 2.35. The van der Waals surface area contributed by atoms with Crippen LogP contribution >= 0.6 is 11.6 Å². The van der Waals surface area contributed by atoms with Crippen molar-refractivity contribution in [2.24, 2.45) is 13.0 Å². The van der Waals surface area contributed by atoms with E-state index in [0.29, 0.717) is 24.0 Å². The third kappa shape index (κ3) is 4.82. The average Bonchev–Trinajstić information content (AvgIpc) is 3.52. The second-order valence-electron chi connectivity index (χ2n) is 8.28. The average molecular weight is 394 g/mol. The molecule has 1 saturated heterocycles. The molecule has 2 amide bonds. The van der Waals surface area contributed by atoms with E-state index in [0.717, 1.165) is 38.1 Å². The predicted octanol–water partition coefficient (Wildman–Crippen LogP) is 1.71. The molecule has 27 heavy (non-hydrogen) atoms. The number of likely N-dealkylation sites (tertiary alicyclic amines) is 1. The number of nitrogens with zero attached hydrogens (tertiary/aromatic N) is 3. The summed E-state index contributed by atoms with van der Waals surface area (Å²) < 4.78 is 1.54. The fourth-order valence-corrected chi connectivity index (χ4v) is 4.25. The zero-order chi connectivity index (χ0) is 19.0. The van der Waals surface area contributed by atoms with Crippen LogP contribution in [0.25, 0.3) is 0 Å². The third-order valence-corrected chi connectivity index (χ3v) is 6.07. The third-order valence-electron chi connectivity index (χ3n) is 5.80. The van der Waals surface area contributed by atoms with Crippen LogP contribution in [0.1, 0.15) is 55.4 Å². The van der Waals surface area contributed by atoms with Gasteiger partial charge in [-0.15, -0.1) is 0 Å². The Balaban J connectivity index is 1.33. The maximum absolute atomic E-state index is 12.4. The van der Waals surface area contributed by atoms with Gasteiger partial charge in [-0.1, -0.05) is 11.6 Å². The number of hydrogen-bond acceptors (Lipinski definition) is 4. The molecule has 2 atom stereocenters. The van der Waals surface area contributed by atoms with Gasteiger partial charge in [0.2, 0.25) is 5.91 Å². The molecule has 2 heterocycles. The van der Waals surface area contributed by atoms with Crippen molar-refractivity contribution in [3.05, 3.63) is 16.9 Å². The smallest absolute Gasteiger partial charge is 0.273 e. The highest BCUT2D eigenvalue weighted by molar-refractivity contribution is 6.33. The van der Waals surface area contributed by atoms with Crippen LogP contribution in [-0.2, 0) is 11.8 Å². The Morgan fingerprint density at radius 3 is 2.56 bits per heavy atom. The molecule has 1 aromatic rings. The molecule has 3 aliphatic rings. The number of nitrogens with one attached hydrogen (secondary N) is 2. The molecule has 0 bridgehead atoms. The quantitative estimate of drug-likeness (QED) is 0.704. The summed E-state index contributed by atoms with van der Waals surface area (Å²) in [6.07, 6.45) is 9.00. The Hall–Kier alpha value is -1.60. The van der Waals surface area contributed by atoms with E-state index >= 15 is 0 Å². The minimum absolute atomic E-state index is 0.174. The normalized spacial score (nSPS) is 25.6. The Morgan fingerprint density at radius 2 is 1.93 bits per heavy atom. The lowest BCUT2D eigenvalue weighted by atomic mass is 10.1. The van der Waals surface area contributed by atoms with Gasteiger partial charge in [-0.05, 0) is 44.4 Å². The van der Waals surface area contributed by atoms with Crippen molar-refractivity contribution in [3.8, 4) is 0 Å². The van der Waals surface area contributed by atoms with E-state index in [4.69, 9.17) is 11.6 Å². The summed E-state index contributed by atoms with van der Waals surface area (Å²) >= 11 is 6.07. The van der Waals surface area contributed by atoms with Crippen LogP contribution in [0.3, 0.4) is 0 Å². The van der Waals surface area contributed by atoms with Crippen LogP contribution in [0.4, 0.5) is 0 Å². The lowest BCUT2D eigenvalue weighted by molar-refractivity contribution is -0.122. The molecule has 3 fully saturated rings. The van der Waals surface area contributed by atoms with E-state index in [-0.39, 0.29) is 29.6 Å². The molecule has 2 aliphatic carbocycles. The first-order valence-electron chi connectivity index (χ1n) is 10.0. The molecule has 7 nitrogen and oxygen atoms in total. The molecule has 2 saturated carbocycles. The monoisotopic (exact) mass is 393 g/mol. The van der Waals surface area contributed by atoms with Crippen LogP contribution in [0, 0.1) is 5.92 Å². The van der Waals surface area contributed by atoms with E-state index in [1.54, 1.807) is 17.9 Å². The number of carbonyl (C=O) groups excluding carboxylic acids is 2. The van der Waals surface area contributed by atoms with Crippen molar-refractivity contribution in [3.63, 3.8) is 0 Å². The van der Waals surface area contributed by atoms with Crippen molar-refractivity contribution in [2.45, 2.75) is 63.1 Å². The van der Waals surface area contributed by atoms with Gasteiger partial charge in [0.15, 0.2) is 5.69 Å². The van der Waals surface area contributed by atoms with Gasteiger partial charge in [0.1, 0.15) is 0 Å². The Labute approximate surface area is 164 Å². The van der Waals surface area contributed by atoms with Gasteiger partial charge in [-0.25, -0.2) is 0 Å². The second kappa shape index (κ2) is 7.80. The molecule has 1 aliphatic heterocycles. The van der Waals surface area contributed by atoms with Crippen LogP contribution in [-0.4, -0.2) is 57.7 Å². The molecule has 8 heteroatoms. The van der Waals surface area contributed by atoms with Gasteiger partial charge in [-0.3, -0.25) is 19.2 Å². The molecule has 0 spiro atoms. The molecule has 0 unspecified atom stereocenters. The van der Waals surface area contributed by atoms with Crippen LogP contribution in [0.5, 0.6) is 0 Å². The Morgan fingerprint density at radius 1 is 1.19 bits per heavy atom. The van der Waals surface area contributed by atoms with Crippen molar-refractivity contribution in [1.29, 1.82) is 0 Å². The first-order chi connectivity index (χ1) is 13.0. The van der Waals surface area contributed by atoms with E-state index in [2.05, 4.69) is 20.6 Å². The Kier molecular flexibility index (Phi) is 5.41. The fourth-order valence-electron chi connectivity index (χ4n) is 3.99.